The van der Waals surface area contributed by atoms with E-state index in [-0.39, 0.29) is 13.0 Å². The number of carbonyl (C=O) groups is 2. The van der Waals surface area contributed by atoms with Crippen molar-refractivity contribution in [3.8, 4) is 0 Å². The summed E-state index contributed by atoms with van der Waals surface area (Å²) in [7, 11) is 0. The number of ether oxygens (including phenoxy) is 1. The number of rotatable bonds is 5. The van der Waals surface area contributed by atoms with Crippen LogP contribution in [0.1, 0.15) is 26.2 Å². The summed E-state index contributed by atoms with van der Waals surface area (Å²) in [5, 5.41) is 0. The Kier molecular flexibility index (Phi) is 3.54. The smallest absolute Gasteiger partial charge is 0.441 e. The van der Waals surface area contributed by atoms with Gasteiger partial charge in [0, 0.05) is 6.42 Å². The first-order valence-corrected chi connectivity index (χ1v) is 4.61. The van der Waals surface area contributed by atoms with Crippen molar-refractivity contribution in [3.05, 3.63) is 5.53 Å². The monoisotopic (exact) mass is 196 g/mol. The lowest BCUT2D eigenvalue weighted by Gasteiger charge is -1.95. The highest BCUT2D eigenvalue weighted by Crippen LogP contribution is 2.32. The molecule has 1 aliphatic carbocycles. The van der Waals surface area contributed by atoms with E-state index in [1.54, 1.807) is 6.92 Å². The van der Waals surface area contributed by atoms with Gasteiger partial charge in [-0.1, -0.05) is 0 Å². The molecule has 0 aliphatic heterocycles. The zero-order valence-corrected chi connectivity index (χ0v) is 8.02. The molecule has 0 aromatic carbocycles. The van der Waals surface area contributed by atoms with Crippen molar-refractivity contribution in [3.63, 3.8) is 0 Å². The third-order valence-corrected chi connectivity index (χ3v) is 2.00. The van der Waals surface area contributed by atoms with Crippen molar-refractivity contribution in [2.45, 2.75) is 26.2 Å². The summed E-state index contributed by atoms with van der Waals surface area (Å²) < 4.78 is 4.57. The predicted octanol–water partition coefficient (Wildman–Crippen LogP) is 0.589. The SMILES string of the molecule is CCOC(=O)C(=[N+]=[N-])C(=O)CC1CC1. The minimum Gasteiger partial charge on any atom is -0.457 e. The molecule has 0 N–H and O–H groups in total. The van der Waals surface area contributed by atoms with E-state index >= 15 is 0 Å². The number of hydrogen-bond acceptors (Lipinski definition) is 3. The van der Waals surface area contributed by atoms with Gasteiger partial charge in [-0.2, -0.15) is 4.79 Å². The molecule has 0 aromatic rings. The van der Waals surface area contributed by atoms with Crippen LogP contribution in [0, 0.1) is 5.92 Å². The summed E-state index contributed by atoms with van der Waals surface area (Å²) in [6.07, 6.45) is 2.29. The molecule has 0 saturated heterocycles. The lowest BCUT2D eigenvalue weighted by molar-refractivity contribution is -0.141. The highest BCUT2D eigenvalue weighted by Gasteiger charge is 2.35. The Bertz CT molecular complexity index is 301. The van der Waals surface area contributed by atoms with E-state index in [9.17, 15) is 9.59 Å². The topological polar surface area (TPSA) is 79.8 Å². The van der Waals surface area contributed by atoms with E-state index in [1.165, 1.54) is 0 Å². The van der Waals surface area contributed by atoms with Crippen LogP contribution in [0.25, 0.3) is 5.53 Å². The lowest BCUT2D eigenvalue weighted by Crippen LogP contribution is -2.27. The van der Waals surface area contributed by atoms with E-state index in [4.69, 9.17) is 5.53 Å². The maximum absolute atomic E-state index is 11.3. The van der Waals surface area contributed by atoms with Gasteiger partial charge in [-0.05, 0) is 25.7 Å². The molecule has 1 rings (SSSR count). The molecule has 0 heterocycles. The zero-order chi connectivity index (χ0) is 10.6. The van der Waals surface area contributed by atoms with Crippen molar-refractivity contribution in [2.75, 3.05) is 6.61 Å². The molecule has 1 saturated carbocycles. The predicted molar refractivity (Wildman–Crippen MR) is 47.6 cm³/mol. The van der Waals surface area contributed by atoms with E-state index < -0.39 is 17.5 Å². The Morgan fingerprint density at radius 3 is 2.57 bits per heavy atom. The van der Waals surface area contributed by atoms with Gasteiger partial charge in [0.2, 0.25) is 0 Å². The molecule has 76 valence electrons. The average molecular weight is 196 g/mol. The second kappa shape index (κ2) is 4.67. The van der Waals surface area contributed by atoms with Crippen LogP contribution in [0.4, 0.5) is 0 Å². The van der Waals surface area contributed by atoms with Crippen molar-refractivity contribution in [1.82, 2.24) is 0 Å². The number of esters is 1. The highest BCUT2D eigenvalue weighted by atomic mass is 16.5. The van der Waals surface area contributed by atoms with Gasteiger partial charge in [0.1, 0.15) is 0 Å². The molecular formula is C9H12N2O3. The van der Waals surface area contributed by atoms with Crippen LogP contribution >= 0.6 is 0 Å². The number of hydrogen-bond donors (Lipinski definition) is 0. The summed E-state index contributed by atoms with van der Waals surface area (Å²) in [4.78, 5) is 25.1. The molecular weight excluding hydrogens is 184 g/mol. The van der Waals surface area contributed by atoms with Crippen LogP contribution in [0.2, 0.25) is 0 Å². The Morgan fingerprint density at radius 1 is 1.50 bits per heavy atom. The van der Waals surface area contributed by atoms with Gasteiger partial charge in [-0.25, -0.2) is 4.79 Å². The molecule has 0 amide bonds. The van der Waals surface area contributed by atoms with Crippen molar-refractivity contribution >= 4 is 17.5 Å². The molecule has 5 heteroatoms. The molecule has 0 spiro atoms. The second-order valence-corrected chi connectivity index (χ2v) is 3.24. The fourth-order valence-corrected chi connectivity index (χ4v) is 1.09. The minimum atomic E-state index is -0.847. The Labute approximate surface area is 81.7 Å². The lowest BCUT2D eigenvalue weighted by atomic mass is 10.1. The van der Waals surface area contributed by atoms with E-state index in [0.29, 0.717) is 5.92 Å². The number of nitrogens with zero attached hydrogens (tertiary/aromatic N) is 2. The second-order valence-electron chi connectivity index (χ2n) is 3.24. The van der Waals surface area contributed by atoms with E-state index in [2.05, 4.69) is 9.53 Å². The normalized spacial score (nSPS) is 14.4. The van der Waals surface area contributed by atoms with Crippen LogP contribution in [0.3, 0.4) is 0 Å². The van der Waals surface area contributed by atoms with Crippen LogP contribution in [-0.2, 0) is 14.3 Å². The fraction of sp³-hybridized carbons (Fsp3) is 0.667. The van der Waals surface area contributed by atoms with Crippen LogP contribution in [0.5, 0.6) is 0 Å². The Balaban J connectivity index is 2.56. The molecule has 1 fully saturated rings. The van der Waals surface area contributed by atoms with Crippen molar-refractivity contribution in [2.24, 2.45) is 5.92 Å². The van der Waals surface area contributed by atoms with Gasteiger partial charge >= 0.3 is 11.7 Å². The zero-order valence-electron chi connectivity index (χ0n) is 8.02. The summed E-state index contributed by atoms with van der Waals surface area (Å²) >= 11 is 0. The first-order chi connectivity index (χ1) is 6.69. The van der Waals surface area contributed by atoms with Gasteiger partial charge in [-0.15, -0.1) is 0 Å². The number of Topliss-reactive ketones (excluding diaryl/α,β-unsaturated/α-hetero) is 1. The average Bonchev–Trinajstić information content (AvgIpc) is 2.90. The molecule has 0 atom stereocenters. The van der Waals surface area contributed by atoms with E-state index in [0.717, 1.165) is 12.8 Å². The van der Waals surface area contributed by atoms with Crippen LogP contribution < -0.4 is 0 Å². The van der Waals surface area contributed by atoms with Gasteiger partial charge in [0.15, 0.2) is 0 Å². The summed E-state index contributed by atoms with van der Waals surface area (Å²) in [5.74, 6) is -0.928. The van der Waals surface area contributed by atoms with Gasteiger partial charge in [0.05, 0.1) is 6.61 Å². The highest BCUT2D eigenvalue weighted by molar-refractivity contribution is 6.62. The van der Waals surface area contributed by atoms with Gasteiger partial charge in [-0.3, -0.25) is 4.79 Å². The van der Waals surface area contributed by atoms with E-state index in [1.807, 2.05) is 0 Å². The quantitative estimate of drug-likeness (QED) is 0.212. The molecule has 1 aliphatic rings. The summed E-state index contributed by atoms with van der Waals surface area (Å²) in [6, 6.07) is 0. The molecule has 0 bridgehead atoms. The largest absolute Gasteiger partial charge is 0.457 e. The van der Waals surface area contributed by atoms with Crippen LogP contribution in [-0.4, -0.2) is 28.9 Å². The maximum atomic E-state index is 11.3. The Morgan fingerprint density at radius 2 is 2.14 bits per heavy atom. The fourth-order valence-electron chi connectivity index (χ4n) is 1.09. The van der Waals surface area contributed by atoms with Crippen LogP contribution in [0.15, 0.2) is 0 Å². The molecule has 0 aromatic heterocycles. The third kappa shape index (κ3) is 2.78. The third-order valence-electron chi connectivity index (χ3n) is 2.00. The van der Waals surface area contributed by atoms with Crippen molar-refractivity contribution < 1.29 is 19.1 Å². The number of ketones is 1. The molecule has 14 heavy (non-hydrogen) atoms. The summed E-state index contributed by atoms with van der Waals surface area (Å²) in [5.41, 5.74) is 8.01. The van der Waals surface area contributed by atoms with Crippen molar-refractivity contribution in [1.29, 1.82) is 0 Å². The Hall–Kier alpha value is -1.48. The molecule has 5 nitrogen and oxygen atoms in total. The maximum Gasteiger partial charge on any atom is 0.441 e. The first-order valence-electron chi connectivity index (χ1n) is 4.61. The number of carbonyl (C=O) groups excluding carboxylic acids is 2. The van der Waals surface area contributed by atoms with Gasteiger partial charge in [0.25, 0.3) is 5.78 Å². The molecule has 0 unspecified atom stereocenters. The molecule has 0 radical (unpaired) electrons. The standard InChI is InChI=1S/C9H12N2O3/c1-2-14-9(13)8(11-10)7(12)5-6-3-4-6/h6H,2-5H2,1H3. The summed E-state index contributed by atoms with van der Waals surface area (Å²) in [6.45, 7) is 1.78. The minimum absolute atomic E-state index is 0.161. The first kappa shape index (κ1) is 10.6. The van der Waals surface area contributed by atoms with Gasteiger partial charge < -0.3 is 10.3 Å².